The minimum Gasteiger partial charge on any atom is -0.394 e. The Bertz CT molecular complexity index is 377. The van der Waals surface area contributed by atoms with Gasteiger partial charge in [0.2, 0.25) is 5.43 Å². The van der Waals surface area contributed by atoms with Crippen molar-refractivity contribution < 1.29 is 0 Å². The number of pyridine rings is 1. The van der Waals surface area contributed by atoms with E-state index >= 15 is 0 Å². The zero-order chi connectivity index (χ0) is 10.1. The van der Waals surface area contributed by atoms with Crippen molar-refractivity contribution in [3.05, 3.63) is 28.7 Å². The van der Waals surface area contributed by atoms with Crippen molar-refractivity contribution in [2.24, 2.45) is 11.8 Å². The first-order valence-corrected chi connectivity index (χ1v) is 5.10. The molecule has 0 spiro atoms. The van der Waals surface area contributed by atoms with Crippen LogP contribution in [0.15, 0.2) is 23.3 Å². The van der Waals surface area contributed by atoms with E-state index in [9.17, 15) is 4.79 Å². The number of nitrogens with zero attached hydrogens (tertiary/aromatic N) is 1. The van der Waals surface area contributed by atoms with Gasteiger partial charge in [0.15, 0.2) is 0 Å². The highest BCUT2D eigenvalue weighted by Gasteiger charge is 2.24. The fraction of sp³-hybridized carbons (Fsp3) is 0.545. The third-order valence-electron chi connectivity index (χ3n) is 2.95. The Kier molecular flexibility index (Phi) is 2.32. The summed E-state index contributed by atoms with van der Waals surface area (Å²) in [6.07, 6.45) is 6.16. The Morgan fingerprint density at radius 3 is 2.86 bits per heavy atom. The molecular formula is C11H16N2O. The molecule has 3 nitrogen and oxygen atoms in total. The highest BCUT2D eigenvalue weighted by Crippen LogP contribution is 2.33. The van der Waals surface area contributed by atoms with Crippen LogP contribution in [0.3, 0.4) is 0 Å². The van der Waals surface area contributed by atoms with Gasteiger partial charge < -0.3 is 10.3 Å². The van der Waals surface area contributed by atoms with E-state index in [1.54, 1.807) is 6.20 Å². The van der Waals surface area contributed by atoms with Crippen molar-refractivity contribution in [2.75, 3.05) is 5.73 Å². The Morgan fingerprint density at radius 1 is 1.57 bits per heavy atom. The SMILES string of the molecule is CC1CC(Cn2ccc(=O)c(N)c2)C1. The Balaban J connectivity index is 2.03. The molecule has 1 aromatic rings. The lowest BCUT2D eigenvalue weighted by atomic mass is 9.76. The van der Waals surface area contributed by atoms with Crippen LogP contribution in [0.2, 0.25) is 0 Å². The molecule has 0 amide bonds. The summed E-state index contributed by atoms with van der Waals surface area (Å²) in [5.74, 6) is 1.64. The molecule has 2 N–H and O–H groups in total. The van der Waals surface area contributed by atoms with Crippen molar-refractivity contribution >= 4 is 5.69 Å². The summed E-state index contributed by atoms with van der Waals surface area (Å²) < 4.78 is 2.02. The molecule has 1 aliphatic carbocycles. The van der Waals surface area contributed by atoms with E-state index in [1.807, 2.05) is 10.8 Å². The molecular weight excluding hydrogens is 176 g/mol. The number of nitrogens with two attached hydrogens (primary N) is 1. The first kappa shape index (κ1) is 9.31. The van der Waals surface area contributed by atoms with Crippen LogP contribution in [0.25, 0.3) is 0 Å². The van der Waals surface area contributed by atoms with Gasteiger partial charge >= 0.3 is 0 Å². The van der Waals surface area contributed by atoms with E-state index in [0.717, 1.165) is 18.4 Å². The molecule has 1 fully saturated rings. The Labute approximate surface area is 83.5 Å². The summed E-state index contributed by atoms with van der Waals surface area (Å²) in [6.45, 7) is 3.27. The average molecular weight is 192 g/mol. The van der Waals surface area contributed by atoms with Gasteiger partial charge in [-0.2, -0.15) is 0 Å². The second-order valence-electron chi connectivity index (χ2n) is 4.40. The number of nitrogen functional groups attached to an aromatic ring is 1. The zero-order valence-electron chi connectivity index (χ0n) is 8.44. The Hall–Kier alpha value is -1.25. The molecule has 0 aromatic carbocycles. The fourth-order valence-electron chi connectivity index (χ4n) is 2.17. The predicted octanol–water partition coefficient (Wildman–Crippen LogP) is 1.48. The zero-order valence-corrected chi connectivity index (χ0v) is 8.44. The highest BCUT2D eigenvalue weighted by molar-refractivity contribution is 5.33. The fourth-order valence-corrected chi connectivity index (χ4v) is 2.17. The van der Waals surface area contributed by atoms with Crippen LogP contribution in [0.1, 0.15) is 19.8 Å². The molecule has 0 saturated heterocycles. The molecule has 0 radical (unpaired) electrons. The smallest absolute Gasteiger partial charge is 0.204 e. The van der Waals surface area contributed by atoms with Crippen molar-refractivity contribution in [1.29, 1.82) is 0 Å². The average Bonchev–Trinajstić information content (AvgIpc) is 2.09. The van der Waals surface area contributed by atoms with Gasteiger partial charge in [-0.1, -0.05) is 6.92 Å². The normalized spacial score (nSPS) is 25.8. The van der Waals surface area contributed by atoms with E-state index in [4.69, 9.17) is 5.73 Å². The van der Waals surface area contributed by atoms with Crippen molar-refractivity contribution in [2.45, 2.75) is 26.3 Å². The number of aromatic nitrogens is 1. The van der Waals surface area contributed by atoms with Gasteiger partial charge in [-0.15, -0.1) is 0 Å². The van der Waals surface area contributed by atoms with Gasteiger partial charge in [-0.25, -0.2) is 0 Å². The van der Waals surface area contributed by atoms with Crippen LogP contribution in [0.4, 0.5) is 5.69 Å². The molecule has 1 aromatic heterocycles. The van der Waals surface area contributed by atoms with Crippen LogP contribution >= 0.6 is 0 Å². The second-order valence-corrected chi connectivity index (χ2v) is 4.40. The largest absolute Gasteiger partial charge is 0.394 e. The molecule has 14 heavy (non-hydrogen) atoms. The van der Waals surface area contributed by atoms with Crippen LogP contribution in [0, 0.1) is 11.8 Å². The molecule has 0 atom stereocenters. The van der Waals surface area contributed by atoms with Gasteiger partial charge in [-0.3, -0.25) is 4.79 Å². The maximum atomic E-state index is 11.1. The van der Waals surface area contributed by atoms with Crippen molar-refractivity contribution in [3.8, 4) is 0 Å². The van der Waals surface area contributed by atoms with Gasteiger partial charge in [0.05, 0.1) is 5.69 Å². The van der Waals surface area contributed by atoms with E-state index in [1.165, 1.54) is 18.9 Å². The lowest BCUT2D eigenvalue weighted by Crippen LogP contribution is -2.26. The first-order chi connectivity index (χ1) is 6.65. The molecule has 2 rings (SSSR count). The number of hydrogen-bond acceptors (Lipinski definition) is 2. The minimum absolute atomic E-state index is 0.0803. The molecule has 1 saturated carbocycles. The lowest BCUT2D eigenvalue weighted by Gasteiger charge is -2.33. The molecule has 0 unspecified atom stereocenters. The van der Waals surface area contributed by atoms with E-state index in [2.05, 4.69) is 6.92 Å². The second kappa shape index (κ2) is 3.48. The van der Waals surface area contributed by atoms with Crippen LogP contribution in [-0.4, -0.2) is 4.57 Å². The summed E-state index contributed by atoms with van der Waals surface area (Å²) in [4.78, 5) is 11.1. The highest BCUT2D eigenvalue weighted by atomic mass is 16.1. The minimum atomic E-state index is -0.0803. The van der Waals surface area contributed by atoms with Gasteiger partial charge in [0.1, 0.15) is 0 Å². The lowest BCUT2D eigenvalue weighted by molar-refractivity contribution is 0.187. The van der Waals surface area contributed by atoms with Gasteiger partial charge in [0.25, 0.3) is 0 Å². The molecule has 3 heteroatoms. The third-order valence-corrected chi connectivity index (χ3v) is 2.95. The summed E-state index contributed by atoms with van der Waals surface area (Å²) in [7, 11) is 0. The van der Waals surface area contributed by atoms with Gasteiger partial charge in [-0.05, 0) is 24.7 Å². The quantitative estimate of drug-likeness (QED) is 0.771. The van der Waals surface area contributed by atoms with Crippen LogP contribution < -0.4 is 11.2 Å². The standard InChI is InChI=1S/C11H16N2O/c1-8-4-9(5-8)6-13-3-2-11(14)10(12)7-13/h2-3,7-9H,4-6,12H2,1H3. The molecule has 1 aliphatic rings. The van der Waals surface area contributed by atoms with Crippen LogP contribution in [0.5, 0.6) is 0 Å². The molecule has 0 bridgehead atoms. The number of rotatable bonds is 2. The molecule has 1 heterocycles. The van der Waals surface area contributed by atoms with E-state index in [-0.39, 0.29) is 5.43 Å². The predicted molar refractivity (Wildman–Crippen MR) is 57.0 cm³/mol. The maximum absolute atomic E-state index is 11.1. The van der Waals surface area contributed by atoms with Crippen LogP contribution in [-0.2, 0) is 6.54 Å². The first-order valence-electron chi connectivity index (χ1n) is 5.10. The monoisotopic (exact) mass is 192 g/mol. The summed E-state index contributed by atoms with van der Waals surface area (Å²) in [6, 6.07) is 1.54. The Morgan fingerprint density at radius 2 is 2.29 bits per heavy atom. The summed E-state index contributed by atoms with van der Waals surface area (Å²) in [5, 5.41) is 0. The van der Waals surface area contributed by atoms with E-state index < -0.39 is 0 Å². The summed E-state index contributed by atoms with van der Waals surface area (Å²) in [5.41, 5.74) is 5.82. The number of hydrogen-bond donors (Lipinski definition) is 1. The molecule has 76 valence electrons. The van der Waals surface area contributed by atoms with Gasteiger partial charge in [0, 0.05) is 25.0 Å². The third kappa shape index (κ3) is 1.81. The van der Waals surface area contributed by atoms with Crippen molar-refractivity contribution in [3.63, 3.8) is 0 Å². The van der Waals surface area contributed by atoms with E-state index in [0.29, 0.717) is 5.69 Å². The van der Waals surface area contributed by atoms with Crippen molar-refractivity contribution in [1.82, 2.24) is 4.57 Å². The maximum Gasteiger partial charge on any atom is 0.204 e. The topological polar surface area (TPSA) is 48.0 Å². The number of anilines is 1. The summed E-state index contributed by atoms with van der Waals surface area (Å²) >= 11 is 0. The molecule has 0 aliphatic heterocycles.